The van der Waals surface area contributed by atoms with E-state index in [0.29, 0.717) is 5.92 Å². The average molecular weight is 182 g/mol. The van der Waals surface area contributed by atoms with Gasteiger partial charge in [-0.3, -0.25) is 4.79 Å². The van der Waals surface area contributed by atoms with E-state index < -0.39 is 6.10 Å². The summed E-state index contributed by atoms with van der Waals surface area (Å²) < 4.78 is 0. The molecule has 3 atom stereocenters. The van der Waals surface area contributed by atoms with Gasteiger partial charge in [-0.2, -0.15) is 0 Å². The van der Waals surface area contributed by atoms with E-state index in [4.69, 9.17) is 0 Å². The van der Waals surface area contributed by atoms with Crippen molar-refractivity contribution < 1.29 is 9.90 Å². The maximum atomic E-state index is 11.6. The van der Waals surface area contributed by atoms with Crippen LogP contribution in [0.5, 0.6) is 0 Å². The quantitative estimate of drug-likeness (QED) is 0.671. The van der Waals surface area contributed by atoms with E-state index in [9.17, 15) is 9.90 Å². The lowest BCUT2D eigenvalue weighted by atomic mass is 9.68. The first kappa shape index (κ1) is 9.20. The summed E-state index contributed by atoms with van der Waals surface area (Å²) >= 11 is 0. The highest BCUT2D eigenvalue weighted by Crippen LogP contribution is 2.62. The van der Waals surface area contributed by atoms with E-state index in [-0.39, 0.29) is 16.6 Å². The highest BCUT2D eigenvalue weighted by Gasteiger charge is 2.63. The maximum absolute atomic E-state index is 11.6. The molecule has 2 fully saturated rings. The lowest BCUT2D eigenvalue weighted by Crippen LogP contribution is -2.45. The number of rotatable bonds is 1. The third kappa shape index (κ3) is 0.899. The van der Waals surface area contributed by atoms with Crippen molar-refractivity contribution in [1.82, 2.24) is 0 Å². The van der Waals surface area contributed by atoms with Gasteiger partial charge in [-0.15, -0.1) is 0 Å². The van der Waals surface area contributed by atoms with Gasteiger partial charge in [0.2, 0.25) is 0 Å². The lowest BCUT2D eigenvalue weighted by Gasteiger charge is -2.39. The summed E-state index contributed by atoms with van der Waals surface area (Å²) in [4.78, 5) is 11.6. The highest BCUT2D eigenvalue weighted by molar-refractivity contribution is 5.84. The number of ketones is 1. The summed E-state index contributed by atoms with van der Waals surface area (Å²) in [5.74, 6) is 0.736. The van der Waals surface area contributed by atoms with Crippen molar-refractivity contribution in [1.29, 1.82) is 0 Å². The Morgan fingerprint density at radius 1 is 1.46 bits per heavy atom. The van der Waals surface area contributed by atoms with Crippen LogP contribution in [0.2, 0.25) is 0 Å². The van der Waals surface area contributed by atoms with E-state index in [1.807, 2.05) is 0 Å². The first-order valence-electron chi connectivity index (χ1n) is 5.10. The maximum Gasteiger partial charge on any atom is 0.138 e. The summed E-state index contributed by atoms with van der Waals surface area (Å²) in [7, 11) is 0. The van der Waals surface area contributed by atoms with Crippen LogP contribution in [0.25, 0.3) is 0 Å². The highest BCUT2D eigenvalue weighted by atomic mass is 16.3. The average Bonchev–Trinajstić information content (AvgIpc) is 2.53. The van der Waals surface area contributed by atoms with Crippen molar-refractivity contribution in [3.8, 4) is 0 Å². The second-order valence-electron chi connectivity index (χ2n) is 5.38. The molecule has 0 spiro atoms. The number of fused-ring (bicyclic) bond motifs is 2. The Balaban J connectivity index is 2.40. The van der Waals surface area contributed by atoms with Gasteiger partial charge >= 0.3 is 0 Å². The molecule has 0 aliphatic heterocycles. The molecule has 0 aromatic carbocycles. The van der Waals surface area contributed by atoms with Crippen molar-refractivity contribution in [3.05, 3.63) is 0 Å². The van der Waals surface area contributed by atoms with Crippen LogP contribution < -0.4 is 0 Å². The van der Waals surface area contributed by atoms with Crippen LogP contribution in [-0.2, 0) is 4.79 Å². The number of Topliss-reactive ketones (excluding diaryl/α,β-unsaturated/α-hetero) is 1. The largest absolute Gasteiger partial charge is 0.392 e. The van der Waals surface area contributed by atoms with Crippen LogP contribution in [0.1, 0.15) is 40.0 Å². The minimum atomic E-state index is -0.420. The molecule has 0 amide bonds. The van der Waals surface area contributed by atoms with Crippen LogP contribution in [0.4, 0.5) is 0 Å². The molecule has 3 unspecified atom stereocenters. The zero-order valence-corrected chi connectivity index (χ0v) is 8.63. The zero-order chi connectivity index (χ0) is 9.85. The van der Waals surface area contributed by atoms with Gasteiger partial charge in [0.1, 0.15) is 5.78 Å². The molecule has 2 aliphatic carbocycles. The second kappa shape index (κ2) is 2.35. The first-order valence-corrected chi connectivity index (χ1v) is 5.10. The Kier molecular flexibility index (Phi) is 1.66. The molecule has 2 bridgehead atoms. The third-order valence-corrected chi connectivity index (χ3v) is 4.53. The number of aliphatic hydroxyl groups excluding tert-OH is 1. The van der Waals surface area contributed by atoms with Crippen LogP contribution in [0, 0.1) is 16.7 Å². The molecule has 2 nitrogen and oxygen atoms in total. The van der Waals surface area contributed by atoms with Gasteiger partial charge in [-0.05, 0) is 37.5 Å². The molecule has 2 saturated carbocycles. The molecule has 0 heterocycles. The Labute approximate surface area is 79.3 Å². The molecule has 0 radical (unpaired) electrons. The number of carbonyl (C=O) groups is 1. The van der Waals surface area contributed by atoms with Crippen LogP contribution in [-0.4, -0.2) is 17.0 Å². The Bertz CT molecular complexity index is 257. The predicted octanol–water partition coefficient (Wildman–Crippen LogP) is 1.76. The Morgan fingerprint density at radius 2 is 2.08 bits per heavy atom. The van der Waals surface area contributed by atoms with E-state index in [1.165, 1.54) is 0 Å². The van der Waals surface area contributed by atoms with Crippen molar-refractivity contribution in [2.75, 3.05) is 0 Å². The standard InChI is InChI=1S/C11H18O2/c1-7(12)11-5-4-8(6-11)10(2,3)9(11)13/h8-9,13H,4-6H2,1-3H3. The van der Waals surface area contributed by atoms with Crippen molar-refractivity contribution >= 4 is 5.78 Å². The number of hydrogen-bond acceptors (Lipinski definition) is 2. The molecule has 13 heavy (non-hydrogen) atoms. The van der Waals surface area contributed by atoms with E-state index in [1.54, 1.807) is 6.92 Å². The summed E-state index contributed by atoms with van der Waals surface area (Å²) in [6.07, 6.45) is 2.51. The minimum Gasteiger partial charge on any atom is -0.392 e. The monoisotopic (exact) mass is 182 g/mol. The number of carbonyl (C=O) groups excluding carboxylic acids is 1. The molecule has 2 aliphatic rings. The van der Waals surface area contributed by atoms with Crippen molar-refractivity contribution in [3.63, 3.8) is 0 Å². The number of hydrogen-bond donors (Lipinski definition) is 1. The van der Waals surface area contributed by atoms with E-state index in [2.05, 4.69) is 13.8 Å². The molecular weight excluding hydrogens is 164 g/mol. The summed E-state index contributed by atoms with van der Waals surface area (Å²) in [5.41, 5.74) is -0.432. The van der Waals surface area contributed by atoms with Gasteiger partial charge in [0.25, 0.3) is 0 Å². The SMILES string of the molecule is CC(=O)C12CCC(C1)C(C)(C)C2O. The van der Waals surface area contributed by atoms with Crippen LogP contribution in [0.3, 0.4) is 0 Å². The fourth-order valence-corrected chi connectivity index (χ4v) is 3.41. The fraction of sp³-hybridized carbons (Fsp3) is 0.909. The van der Waals surface area contributed by atoms with E-state index >= 15 is 0 Å². The first-order chi connectivity index (χ1) is 5.91. The van der Waals surface area contributed by atoms with Gasteiger partial charge in [0.05, 0.1) is 11.5 Å². The van der Waals surface area contributed by atoms with Gasteiger partial charge in [0.15, 0.2) is 0 Å². The molecule has 2 heteroatoms. The minimum absolute atomic E-state index is 0.0517. The van der Waals surface area contributed by atoms with Crippen LogP contribution in [0.15, 0.2) is 0 Å². The molecule has 2 rings (SSSR count). The molecule has 74 valence electrons. The lowest BCUT2D eigenvalue weighted by molar-refractivity contribution is -0.136. The van der Waals surface area contributed by atoms with Gasteiger partial charge in [-0.1, -0.05) is 13.8 Å². The summed E-state index contributed by atoms with van der Waals surface area (Å²) in [6, 6.07) is 0. The van der Waals surface area contributed by atoms with Gasteiger partial charge in [0, 0.05) is 0 Å². The van der Waals surface area contributed by atoms with Crippen molar-refractivity contribution in [2.24, 2.45) is 16.7 Å². The molecule has 0 saturated heterocycles. The van der Waals surface area contributed by atoms with Gasteiger partial charge in [-0.25, -0.2) is 0 Å². The molecular formula is C11H18O2. The van der Waals surface area contributed by atoms with Gasteiger partial charge < -0.3 is 5.11 Å². The Hall–Kier alpha value is -0.370. The molecule has 0 aromatic rings. The summed E-state index contributed by atoms with van der Waals surface area (Å²) in [5, 5.41) is 10.1. The fourth-order valence-electron chi connectivity index (χ4n) is 3.41. The zero-order valence-electron chi connectivity index (χ0n) is 8.63. The Morgan fingerprint density at radius 3 is 2.38 bits per heavy atom. The molecule has 0 aromatic heterocycles. The number of aliphatic hydroxyl groups is 1. The predicted molar refractivity (Wildman–Crippen MR) is 50.2 cm³/mol. The summed E-state index contributed by atoms with van der Waals surface area (Å²) in [6.45, 7) is 5.81. The second-order valence-corrected chi connectivity index (χ2v) is 5.38. The third-order valence-electron chi connectivity index (χ3n) is 4.53. The normalized spacial score (nSPS) is 46.8. The van der Waals surface area contributed by atoms with Crippen molar-refractivity contribution in [2.45, 2.75) is 46.1 Å². The van der Waals surface area contributed by atoms with E-state index in [0.717, 1.165) is 19.3 Å². The van der Waals surface area contributed by atoms with Crippen LogP contribution >= 0.6 is 0 Å². The topological polar surface area (TPSA) is 37.3 Å². The molecule has 1 N–H and O–H groups in total. The smallest absolute Gasteiger partial charge is 0.138 e.